The molecule has 0 aliphatic carbocycles. The van der Waals surface area contributed by atoms with Crippen molar-refractivity contribution in [1.29, 1.82) is 0 Å². The fourth-order valence-electron chi connectivity index (χ4n) is 2.79. The Bertz CT molecular complexity index is 566. The van der Waals surface area contributed by atoms with Crippen molar-refractivity contribution in [2.75, 3.05) is 25.0 Å². The van der Waals surface area contributed by atoms with Gasteiger partial charge in [-0.05, 0) is 50.0 Å². The molecule has 0 saturated carbocycles. The quantitative estimate of drug-likeness (QED) is 0.851. The van der Waals surface area contributed by atoms with Crippen LogP contribution < -0.4 is 5.32 Å². The van der Waals surface area contributed by atoms with Crippen LogP contribution in [0, 0.1) is 13.8 Å². The predicted octanol–water partition coefficient (Wildman–Crippen LogP) is 2.74. The van der Waals surface area contributed by atoms with Gasteiger partial charge in [0.2, 0.25) is 0 Å². The average Bonchev–Trinajstić information content (AvgIpc) is 2.73. The Kier molecular flexibility index (Phi) is 5.93. The smallest absolute Gasteiger partial charge is 0.296 e. The van der Waals surface area contributed by atoms with E-state index in [9.17, 15) is 9.59 Å². The Balaban J connectivity index is 0.00000220. The summed E-state index contributed by atoms with van der Waals surface area (Å²) in [5.74, 6) is -0.905. The number of amides is 1. The molecule has 0 saturated heterocycles. The Labute approximate surface area is 132 Å². The van der Waals surface area contributed by atoms with Crippen LogP contribution in [-0.4, -0.2) is 36.2 Å². The number of ketones is 1. The molecule has 0 spiro atoms. The zero-order chi connectivity index (χ0) is 14.9. The molecule has 0 fully saturated rings. The van der Waals surface area contributed by atoms with Crippen LogP contribution in [0.15, 0.2) is 6.07 Å². The van der Waals surface area contributed by atoms with Gasteiger partial charge in [-0.15, -0.1) is 12.4 Å². The Morgan fingerprint density at radius 1 is 1.14 bits per heavy atom. The molecule has 1 aliphatic heterocycles. The lowest BCUT2D eigenvalue weighted by Crippen LogP contribution is -2.25. The molecule has 4 nitrogen and oxygen atoms in total. The maximum Gasteiger partial charge on any atom is 0.296 e. The van der Waals surface area contributed by atoms with Crippen molar-refractivity contribution < 1.29 is 9.59 Å². The molecule has 0 atom stereocenters. The fraction of sp³-hybridized carbons (Fsp3) is 0.500. The first-order chi connectivity index (χ1) is 9.49. The molecule has 0 radical (unpaired) electrons. The van der Waals surface area contributed by atoms with Gasteiger partial charge in [0.1, 0.15) is 0 Å². The molecule has 0 unspecified atom stereocenters. The van der Waals surface area contributed by atoms with Gasteiger partial charge in [-0.2, -0.15) is 0 Å². The van der Waals surface area contributed by atoms with E-state index in [1.807, 2.05) is 13.8 Å². The van der Waals surface area contributed by atoms with Crippen LogP contribution in [0.4, 0.5) is 5.69 Å². The van der Waals surface area contributed by atoms with Crippen molar-refractivity contribution in [3.05, 3.63) is 28.3 Å². The normalized spacial score (nSPS) is 13.2. The van der Waals surface area contributed by atoms with E-state index in [1.54, 1.807) is 0 Å². The van der Waals surface area contributed by atoms with Gasteiger partial charge in [-0.1, -0.05) is 19.9 Å². The zero-order valence-electron chi connectivity index (χ0n) is 13.1. The molecule has 1 amide bonds. The summed E-state index contributed by atoms with van der Waals surface area (Å²) in [4.78, 5) is 25.8. The van der Waals surface area contributed by atoms with E-state index in [1.165, 1.54) is 0 Å². The van der Waals surface area contributed by atoms with Crippen molar-refractivity contribution in [3.8, 4) is 0 Å². The summed E-state index contributed by atoms with van der Waals surface area (Å²) in [6, 6.07) is 2.09. The SMILES string of the molecule is CCN(CC)CCc1cc(C)c2c(c1C)C(=O)C(=O)N2.Cl. The minimum atomic E-state index is -0.507. The van der Waals surface area contributed by atoms with Crippen molar-refractivity contribution >= 4 is 29.8 Å². The minimum absolute atomic E-state index is 0. The number of halogens is 1. The number of nitrogens with zero attached hydrogens (tertiary/aromatic N) is 1. The molecule has 1 aliphatic rings. The average molecular weight is 311 g/mol. The van der Waals surface area contributed by atoms with Gasteiger partial charge in [-0.25, -0.2) is 0 Å². The van der Waals surface area contributed by atoms with E-state index in [0.29, 0.717) is 11.3 Å². The lowest BCUT2D eigenvalue weighted by atomic mass is 9.94. The van der Waals surface area contributed by atoms with Gasteiger partial charge in [0, 0.05) is 6.54 Å². The van der Waals surface area contributed by atoms with Crippen molar-refractivity contribution in [3.63, 3.8) is 0 Å². The van der Waals surface area contributed by atoms with Crippen LogP contribution in [-0.2, 0) is 11.2 Å². The molecule has 2 rings (SSSR count). The molecule has 116 valence electrons. The maximum absolute atomic E-state index is 11.9. The molecule has 1 aromatic carbocycles. The van der Waals surface area contributed by atoms with Crippen LogP contribution in [0.1, 0.15) is 40.9 Å². The number of aryl methyl sites for hydroxylation is 1. The molecular formula is C16H23ClN2O2. The van der Waals surface area contributed by atoms with Gasteiger partial charge in [0.15, 0.2) is 0 Å². The highest BCUT2D eigenvalue weighted by Crippen LogP contribution is 2.32. The number of carbonyl (C=O) groups is 2. The van der Waals surface area contributed by atoms with E-state index in [4.69, 9.17) is 0 Å². The number of Topliss-reactive ketones (excluding diaryl/α,β-unsaturated/α-hetero) is 1. The summed E-state index contributed by atoms with van der Waals surface area (Å²) in [5.41, 5.74) is 4.35. The van der Waals surface area contributed by atoms with E-state index in [0.717, 1.165) is 42.7 Å². The summed E-state index contributed by atoms with van der Waals surface area (Å²) in [5, 5.41) is 2.67. The highest BCUT2D eigenvalue weighted by Gasteiger charge is 2.31. The first kappa shape index (κ1) is 17.7. The summed E-state index contributed by atoms with van der Waals surface area (Å²) >= 11 is 0. The van der Waals surface area contributed by atoms with E-state index in [2.05, 4.69) is 30.1 Å². The summed E-state index contributed by atoms with van der Waals surface area (Å²) in [7, 11) is 0. The van der Waals surface area contributed by atoms with E-state index >= 15 is 0 Å². The van der Waals surface area contributed by atoms with Crippen LogP contribution >= 0.6 is 12.4 Å². The first-order valence-electron chi connectivity index (χ1n) is 7.20. The highest BCUT2D eigenvalue weighted by molar-refractivity contribution is 6.52. The Morgan fingerprint density at radius 2 is 1.76 bits per heavy atom. The Morgan fingerprint density at radius 3 is 2.33 bits per heavy atom. The maximum atomic E-state index is 11.9. The Hall–Kier alpha value is -1.39. The number of benzene rings is 1. The van der Waals surface area contributed by atoms with Crippen LogP contribution in [0.2, 0.25) is 0 Å². The molecule has 1 N–H and O–H groups in total. The number of nitrogens with one attached hydrogen (secondary N) is 1. The largest absolute Gasteiger partial charge is 0.318 e. The molecule has 1 heterocycles. The number of rotatable bonds is 5. The number of hydrogen-bond donors (Lipinski definition) is 1. The molecule has 0 aromatic heterocycles. The predicted molar refractivity (Wildman–Crippen MR) is 87.6 cm³/mol. The minimum Gasteiger partial charge on any atom is -0.318 e. The van der Waals surface area contributed by atoms with Crippen LogP contribution in [0.5, 0.6) is 0 Å². The van der Waals surface area contributed by atoms with Gasteiger partial charge in [-0.3, -0.25) is 9.59 Å². The number of fused-ring (bicyclic) bond motifs is 1. The van der Waals surface area contributed by atoms with Crippen molar-refractivity contribution in [2.24, 2.45) is 0 Å². The van der Waals surface area contributed by atoms with E-state index in [-0.39, 0.29) is 12.4 Å². The van der Waals surface area contributed by atoms with Gasteiger partial charge in [0.25, 0.3) is 11.7 Å². The zero-order valence-corrected chi connectivity index (χ0v) is 13.9. The highest BCUT2D eigenvalue weighted by atomic mass is 35.5. The third kappa shape index (κ3) is 3.27. The second-order valence-corrected chi connectivity index (χ2v) is 5.29. The number of likely N-dealkylation sites (N-methyl/N-ethyl adjacent to an activating group) is 1. The molecule has 21 heavy (non-hydrogen) atoms. The topological polar surface area (TPSA) is 49.4 Å². The van der Waals surface area contributed by atoms with Gasteiger partial charge >= 0.3 is 0 Å². The van der Waals surface area contributed by atoms with Crippen molar-refractivity contribution in [1.82, 2.24) is 4.90 Å². The van der Waals surface area contributed by atoms with Gasteiger partial charge in [0.05, 0.1) is 11.3 Å². The lowest BCUT2D eigenvalue weighted by molar-refractivity contribution is -0.112. The van der Waals surface area contributed by atoms with E-state index < -0.39 is 11.7 Å². The third-order valence-corrected chi connectivity index (χ3v) is 4.16. The standard InChI is InChI=1S/C16H22N2O2.ClH/c1-5-18(6-2)8-7-12-9-10(3)14-13(11(12)4)15(19)16(20)17-14;/h9H,5-8H2,1-4H3,(H,17,19,20);1H. The van der Waals surface area contributed by atoms with Gasteiger partial charge < -0.3 is 10.2 Å². The van der Waals surface area contributed by atoms with Crippen molar-refractivity contribution in [2.45, 2.75) is 34.1 Å². The summed E-state index contributed by atoms with van der Waals surface area (Å²) in [6.45, 7) is 11.2. The monoisotopic (exact) mass is 310 g/mol. The molecular weight excluding hydrogens is 288 g/mol. The third-order valence-electron chi connectivity index (χ3n) is 4.16. The number of anilines is 1. The summed E-state index contributed by atoms with van der Waals surface area (Å²) in [6.07, 6.45) is 0.906. The molecule has 1 aromatic rings. The van der Waals surface area contributed by atoms with Crippen LogP contribution in [0.25, 0.3) is 0 Å². The second kappa shape index (κ2) is 7.05. The number of carbonyl (C=O) groups excluding carboxylic acids is 2. The fourth-order valence-corrected chi connectivity index (χ4v) is 2.79. The second-order valence-electron chi connectivity index (χ2n) is 5.29. The number of hydrogen-bond acceptors (Lipinski definition) is 3. The first-order valence-corrected chi connectivity index (χ1v) is 7.20. The van der Waals surface area contributed by atoms with Crippen LogP contribution in [0.3, 0.4) is 0 Å². The summed E-state index contributed by atoms with van der Waals surface area (Å²) < 4.78 is 0. The molecule has 5 heteroatoms. The lowest BCUT2D eigenvalue weighted by Gasteiger charge is -2.19. The molecule has 0 bridgehead atoms.